The van der Waals surface area contributed by atoms with E-state index in [2.05, 4.69) is 9.97 Å². The summed E-state index contributed by atoms with van der Waals surface area (Å²) in [4.78, 5) is 7.47. The molecule has 4 heteroatoms. The largest absolute Gasteiger partial charge is 0.334 e. The smallest absolute Gasteiger partial charge is 0.138 e. The molecular weight excluding hydrogens is 259 g/mol. The molecule has 2 aromatic heterocycles. The molecule has 106 valence electrons. The second-order valence-electron chi connectivity index (χ2n) is 6.84. The van der Waals surface area contributed by atoms with Gasteiger partial charge in [0.2, 0.25) is 0 Å². The fraction of sp³-hybridized carbons (Fsp3) is 0.533. The summed E-state index contributed by atoms with van der Waals surface area (Å²) in [5.41, 5.74) is 0.764. The first-order chi connectivity index (χ1) is 8.57. The number of fused-ring (bicyclic) bond motifs is 1. The minimum absolute atomic E-state index is 0.424. The lowest BCUT2D eigenvalue weighted by Crippen LogP contribution is -2.35. The molecule has 0 amide bonds. The highest BCUT2D eigenvalue weighted by Gasteiger charge is 2.49. The monoisotopic (exact) mass is 282 g/mol. The number of nitrogens with zero attached hydrogens (tertiary/aromatic N) is 1. The Morgan fingerprint density at radius 1 is 1.11 bits per heavy atom. The van der Waals surface area contributed by atoms with Crippen LogP contribution in [0.15, 0.2) is 29.4 Å². The lowest BCUT2D eigenvalue weighted by Gasteiger charge is -2.51. The van der Waals surface area contributed by atoms with Crippen molar-refractivity contribution in [1.29, 1.82) is 0 Å². The molecule has 0 saturated heterocycles. The molecule has 2 nitrogen and oxygen atoms in total. The third-order valence-corrected chi connectivity index (χ3v) is 7.56. The zero-order valence-corrected chi connectivity index (χ0v) is 13.4. The fourth-order valence-corrected chi connectivity index (χ4v) is 6.35. The van der Waals surface area contributed by atoms with Crippen LogP contribution < -0.4 is 0 Å². The van der Waals surface area contributed by atoms with Crippen molar-refractivity contribution in [3.05, 3.63) is 24.4 Å². The number of aromatic nitrogens is 2. The lowest BCUT2D eigenvalue weighted by atomic mass is 10.2. The number of aromatic amines is 1. The van der Waals surface area contributed by atoms with Gasteiger partial charge in [0.05, 0.1) is 5.03 Å². The molecule has 0 aliphatic rings. The predicted octanol–water partition coefficient (Wildman–Crippen LogP) is 5.21. The maximum Gasteiger partial charge on any atom is 0.138 e. The summed E-state index contributed by atoms with van der Waals surface area (Å²) in [6.45, 7) is 11.9. The van der Waals surface area contributed by atoms with E-state index in [0.29, 0.717) is 5.03 Å². The molecule has 0 aliphatic carbocycles. The Bertz CT molecular complexity index is 543. The van der Waals surface area contributed by atoms with Crippen LogP contribution in [-0.4, -0.2) is 19.5 Å². The third-order valence-electron chi connectivity index (χ3n) is 3.36. The van der Waals surface area contributed by atoms with Crippen molar-refractivity contribution in [3.63, 3.8) is 0 Å². The molecule has 0 unspecified atom stereocenters. The molecule has 2 rings (SSSR count). The Hall–Kier alpha value is -1.03. The van der Waals surface area contributed by atoms with Crippen molar-refractivity contribution in [2.45, 2.75) is 56.1 Å². The van der Waals surface area contributed by atoms with Crippen molar-refractivity contribution in [1.82, 2.24) is 9.97 Å². The maximum atomic E-state index is 16.0. The Morgan fingerprint density at radius 3 is 2.16 bits per heavy atom. The highest BCUT2D eigenvalue weighted by Crippen LogP contribution is 2.73. The second kappa shape index (κ2) is 4.23. The van der Waals surface area contributed by atoms with Crippen LogP contribution in [0.1, 0.15) is 41.5 Å². The standard InChI is InChI=1S/C15H23FN2S/c1-14(2,3)19(16,15(4,5)6)12-10-11-8-7-9-17-13(11)18-12/h7-10H,1-6H3,(H,17,18). The third kappa shape index (κ3) is 2.16. The van der Waals surface area contributed by atoms with Gasteiger partial charge in [0.25, 0.3) is 0 Å². The summed E-state index contributed by atoms with van der Waals surface area (Å²) in [7, 11) is -2.51. The zero-order chi connectivity index (χ0) is 14.5. The minimum Gasteiger partial charge on any atom is -0.334 e. The number of halogens is 1. The van der Waals surface area contributed by atoms with Gasteiger partial charge in [-0.05, 0) is 70.2 Å². The van der Waals surface area contributed by atoms with E-state index in [-0.39, 0.29) is 0 Å². The molecule has 0 saturated carbocycles. The van der Waals surface area contributed by atoms with Gasteiger partial charge < -0.3 is 4.98 Å². The van der Waals surface area contributed by atoms with Gasteiger partial charge in [-0.3, -0.25) is 0 Å². The Kier molecular flexibility index (Phi) is 3.21. The van der Waals surface area contributed by atoms with Crippen LogP contribution in [0.5, 0.6) is 0 Å². The fourth-order valence-electron chi connectivity index (χ4n) is 2.66. The quantitative estimate of drug-likeness (QED) is 0.764. The highest BCUT2D eigenvalue weighted by atomic mass is 32.3. The average Bonchev–Trinajstić information content (AvgIpc) is 2.68. The van der Waals surface area contributed by atoms with Crippen LogP contribution in [0.25, 0.3) is 11.0 Å². The van der Waals surface area contributed by atoms with E-state index in [1.165, 1.54) is 0 Å². The minimum atomic E-state index is -2.51. The van der Waals surface area contributed by atoms with Crippen molar-refractivity contribution in [3.8, 4) is 0 Å². The topological polar surface area (TPSA) is 28.7 Å². The normalized spacial score (nSPS) is 14.9. The van der Waals surface area contributed by atoms with Gasteiger partial charge in [0.15, 0.2) is 0 Å². The van der Waals surface area contributed by atoms with Crippen LogP contribution in [0.3, 0.4) is 0 Å². The molecule has 0 aromatic carbocycles. The first-order valence-corrected chi connectivity index (χ1v) is 8.06. The van der Waals surface area contributed by atoms with Crippen LogP contribution in [0.4, 0.5) is 3.89 Å². The van der Waals surface area contributed by atoms with Gasteiger partial charge in [-0.1, -0.05) is 0 Å². The molecule has 2 aromatic rings. The molecule has 0 spiro atoms. The number of H-pyrrole nitrogens is 1. The Morgan fingerprint density at radius 2 is 1.68 bits per heavy atom. The van der Waals surface area contributed by atoms with E-state index < -0.39 is 19.9 Å². The molecule has 1 N–H and O–H groups in total. The van der Waals surface area contributed by atoms with Crippen LogP contribution in [-0.2, 0) is 0 Å². The molecule has 0 fully saturated rings. The summed E-state index contributed by atoms with van der Waals surface area (Å²) in [5, 5.41) is 1.67. The summed E-state index contributed by atoms with van der Waals surface area (Å²) >= 11 is 0. The van der Waals surface area contributed by atoms with E-state index in [1.54, 1.807) is 6.20 Å². The van der Waals surface area contributed by atoms with Gasteiger partial charge in [0, 0.05) is 21.1 Å². The van der Waals surface area contributed by atoms with Crippen LogP contribution in [0.2, 0.25) is 0 Å². The first-order valence-electron chi connectivity index (χ1n) is 6.53. The molecule has 0 radical (unpaired) electrons. The van der Waals surface area contributed by atoms with Crippen LogP contribution in [0, 0.1) is 0 Å². The van der Waals surface area contributed by atoms with Gasteiger partial charge in [0.1, 0.15) is 5.65 Å². The predicted molar refractivity (Wildman–Crippen MR) is 82.6 cm³/mol. The van der Waals surface area contributed by atoms with E-state index in [4.69, 9.17) is 0 Å². The second-order valence-corrected chi connectivity index (χ2v) is 10.8. The van der Waals surface area contributed by atoms with Gasteiger partial charge >= 0.3 is 0 Å². The SMILES string of the molecule is CC(C)(C)S(F)(c1cc2cccnc2[nH]1)C(C)(C)C. The number of rotatable bonds is 1. The Balaban J connectivity index is 2.69. The number of nitrogens with one attached hydrogen (secondary N) is 1. The molecule has 0 aliphatic heterocycles. The van der Waals surface area contributed by atoms with Gasteiger partial charge in [-0.2, -0.15) is 3.89 Å². The summed E-state index contributed by atoms with van der Waals surface area (Å²) < 4.78 is 15.2. The number of hydrogen-bond acceptors (Lipinski definition) is 1. The molecule has 19 heavy (non-hydrogen) atoms. The van der Waals surface area contributed by atoms with Crippen molar-refractivity contribution in [2.24, 2.45) is 0 Å². The van der Waals surface area contributed by atoms with E-state index in [1.807, 2.05) is 59.7 Å². The molecule has 0 atom stereocenters. The molecule has 0 bridgehead atoms. The van der Waals surface area contributed by atoms with E-state index in [0.717, 1.165) is 11.0 Å². The van der Waals surface area contributed by atoms with Crippen molar-refractivity contribution < 1.29 is 3.89 Å². The lowest BCUT2D eigenvalue weighted by molar-refractivity contribution is 0.635. The van der Waals surface area contributed by atoms with Gasteiger partial charge in [-0.25, -0.2) is 4.98 Å². The van der Waals surface area contributed by atoms with E-state index in [9.17, 15) is 0 Å². The maximum absolute atomic E-state index is 16.0. The average molecular weight is 282 g/mol. The highest BCUT2D eigenvalue weighted by molar-refractivity contribution is 8.31. The first kappa shape index (κ1) is 14.4. The van der Waals surface area contributed by atoms with Crippen molar-refractivity contribution in [2.75, 3.05) is 0 Å². The zero-order valence-electron chi connectivity index (χ0n) is 12.5. The van der Waals surface area contributed by atoms with Gasteiger partial charge in [-0.15, -0.1) is 0 Å². The van der Waals surface area contributed by atoms with E-state index >= 15 is 3.89 Å². The molecular formula is C15H23FN2S. The van der Waals surface area contributed by atoms with Crippen molar-refractivity contribution >= 4 is 21.4 Å². The summed E-state index contributed by atoms with van der Waals surface area (Å²) in [6, 6.07) is 5.77. The number of hydrogen-bond donors (Lipinski definition) is 1. The molecule has 2 heterocycles. The van der Waals surface area contributed by atoms with Crippen LogP contribution >= 0.6 is 10.4 Å². The number of pyridine rings is 1. The Labute approximate surface area is 116 Å². The summed E-state index contributed by atoms with van der Waals surface area (Å²) in [5.74, 6) is 0. The summed E-state index contributed by atoms with van der Waals surface area (Å²) in [6.07, 6.45) is 1.73.